The molecule has 0 radical (unpaired) electrons. The lowest BCUT2D eigenvalue weighted by Gasteiger charge is -2.18. The monoisotopic (exact) mass is 672 g/mol. The Kier molecular flexibility index (Phi) is 32.4. The van der Waals surface area contributed by atoms with E-state index in [4.69, 9.17) is 19.3 Å². The van der Waals surface area contributed by atoms with E-state index in [0.717, 1.165) is 64.2 Å². The Morgan fingerprint density at radius 2 is 0.913 bits per heavy atom. The first kappa shape index (κ1) is 44.5. The molecule has 0 amide bonds. The summed E-state index contributed by atoms with van der Waals surface area (Å²) in [6.45, 7) is 3.63. The molecule has 0 fully saturated rings. The Balaban J connectivity index is 3.98. The van der Waals surface area contributed by atoms with Gasteiger partial charge in [0.15, 0.2) is 6.10 Å². The van der Waals surface area contributed by atoms with Gasteiger partial charge >= 0.3 is 19.8 Å². The maximum atomic E-state index is 12.3. The van der Waals surface area contributed by atoms with Crippen molar-refractivity contribution in [1.82, 2.24) is 0 Å². The van der Waals surface area contributed by atoms with Crippen molar-refractivity contribution in [3.8, 4) is 0 Å². The van der Waals surface area contributed by atoms with Gasteiger partial charge < -0.3 is 19.3 Å². The molecule has 8 nitrogen and oxygen atoms in total. The Hall–Kier alpha value is -1.47. The van der Waals surface area contributed by atoms with Crippen molar-refractivity contribution in [2.45, 2.75) is 187 Å². The van der Waals surface area contributed by atoms with Gasteiger partial charge in [-0.05, 0) is 64.2 Å². The van der Waals surface area contributed by atoms with E-state index in [9.17, 15) is 14.2 Å². The van der Waals surface area contributed by atoms with Crippen LogP contribution in [0.25, 0.3) is 0 Å². The molecule has 2 N–H and O–H groups in total. The van der Waals surface area contributed by atoms with Gasteiger partial charge in [0.25, 0.3) is 0 Å². The average Bonchev–Trinajstić information content (AvgIpc) is 3.02. The number of phosphoric ester groups is 1. The van der Waals surface area contributed by atoms with Gasteiger partial charge in [0, 0.05) is 12.8 Å². The second-order valence-corrected chi connectivity index (χ2v) is 13.8. The highest BCUT2D eigenvalue weighted by molar-refractivity contribution is 7.46. The summed E-state index contributed by atoms with van der Waals surface area (Å²) in [5.41, 5.74) is 0. The number of hydrogen-bond donors (Lipinski definition) is 2. The standard InChI is InChI=1S/C37H69O8P/c1-3-5-7-9-11-13-15-17-18-19-20-22-24-26-28-30-32-37(39)45-35(34-44-46(40,41)42)33-43-36(38)31-29-27-25-23-21-16-14-12-10-8-6-4-2/h12,14,18-19,35H,3-11,13,15-17,20-34H2,1-2H3,(H2,40,41,42)/b14-12-,19-18-/t35-/m1/s1. The topological polar surface area (TPSA) is 119 Å². The number of phosphoric acid groups is 1. The third kappa shape index (κ3) is 35.4. The van der Waals surface area contributed by atoms with Crippen LogP contribution in [0.4, 0.5) is 0 Å². The van der Waals surface area contributed by atoms with Crippen LogP contribution in [0.15, 0.2) is 24.3 Å². The fraction of sp³-hybridized carbons (Fsp3) is 0.838. The quantitative estimate of drug-likeness (QED) is 0.0300. The minimum absolute atomic E-state index is 0.202. The first-order valence-corrected chi connectivity index (χ1v) is 20.2. The molecule has 0 bridgehead atoms. The van der Waals surface area contributed by atoms with Crippen molar-refractivity contribution in [3.05, 3.63) is 24.3 Å². The summed E-state index contributed by atoms with van der Waals surface area (Å²) in [5, 5.41) is 0. The highest BCUT2D eigenvalue weighted by Crippen LogP contribution is 2.36. The van der Waals surface area contributed by atoms with Crippen LogP contribution in [0.5, 0.6) is 0 Å². The SMILES string of the molecule is CCCCC/C=C\CCCCCCCC(=O)OC[C@H](COP(=O)(O)O)OC(=O)CCCCCCC/C=C\CCCCCCCCC. The van der Waals surface area contributed by atoms with Gasteiger partial charge in [-0.2, -0.15) is 0 Å². The molecule has 0 heterocycles. The lowest BCUT2D eigenvalue weighted by atomic mass is 10.1. The molecule has 270 valence electrons. The van der Waals surface area contributed by atoms with Crippen LogP contribution in [0, 0.1) is 0 Å². The molecule has 1 atom stereocenters. The van der Waals surface area contributed by atoms with Crippen LogP contribution >= 0.6 is 7.82 Å². The van der Waals surface area contributed by atoms with Crippen LogP contribution in [-0.4, -0.2) is 41.0 Å². The fourth-order valence-corrected chi connectivity index (χ4v) is 5.49. The highest BCUT2D eigenvalue weighted by Gasteiger charge is 2.22. The zero-order chi connectivity index (χ0) is 34.0. The largest absolute Gasteiger partial charge is 0.469 e. The molecule has 0 aromatic heterocycles. The number of carbonyl (C=O) groups is 2. The zero-order valence-corrected chi connectivity index (χ0v) is 30.4. The van der Waals surface area contributed by atoms with Gasteiger partial charge in [-0.25, -0.2) is 4.57 Å². The zero-order valence-electron chi connectivity index (χ0n) is 29.5. The van der Waals surface area contributed by atoms with Crippen molar-refractivity contribution >= 4 is 19.8 Å². The van der Waals surface area contributed by atoms with Crippen molar-refractivity contribution in [2.75, 3.05) is 13.2 Å². The van der Waals surface area contributed by atoms with Crippen LogP contribution in [0.3, 0.4) is 0 Å². The van der Waals surface area contributed by atoms with Crippen molar-refractivity contribution < 1.29 is 37.9 Å². The lowest BCUT2D eigenvalue weighted by molar-refractivity contribution is -0.161. The molecule has 0 saturated carbocycles. The number of carbonyl (C=O) groups excluding carboxylic acids is 2. The lowest BCUT2D eigenvalue weighted by Crippen LogP contribution is -2.29. The normalized spacial score (nSPS) is 12.7. The van der Waals surface area contributed by atoms with Gasteiger partial charge in [-0.3, -0.25) is 14.1 Å². The molecule has 46 heavy (non-hydrogen) atoms. The summed E-state index contributed by atoms with van der Waals surface area (Å²) in [5.74, 6) is -0.903. The smallest absolute Gasteiger partial charge is 0.462 e. The molecule has 0 aliphatic rings. The van der Waals surface area contributed by atoms with Crippen molar-refractivity contribution in [1.29, 1.82) is 0 Å². The second kappa shape index (κ2) is 33.4. The Morgan fingerprint density at radius 1 is 0.543 bits per heavy atom. The molecule has 0 rings (SSSR count). The number of allylic oxidation sites excluding steroid dienone is 4. The molecule has 0 aromatic rings. The highest BCUT2D eigenvalue weighted by atomic mass is 31.2. The molecule has 0 unspecified atom stereocenters. The van der Waals surface area contributed by atoms with E-state index in [2.05, 4.69) is 42.7 Å². The maximum Gasteiger partial charge on any atom is 0.469 e. The molecule has 0 aliphatic heterocycles. The summed E-state index contributed by atoms with van der Waals surface area (Å²) in [6, 6.07) is 0. The fourth-order valence-electron chi connectivity index (χ4n) is 5.13. The third-order valence-electron chi connectivity index (χ3n) is 7.94. The summed E-state index contributed by atoms with van der Waals surface area (Å²) in [6.07, 6.45) is 36.1. The van der Waals surface area contributed by atoms with Crippen LogP contribution < -0.4 is 0 Å². The van der Waals surface area contributed by atoms with Gasteiger partial charge in [0.1, 0.15) is 6.61 Å². The van der Waals surface area contributed by atoms with E-state index in [1.807, 2.05) is 0 Å². The summed E-state index contributed by atoms with van der Waals surface area (Å²) < 4.78 is 26.3. The van der Waals surface area contributed by atoms with Gasteiger partial charge in [-0.15, -0.1) is 0 Å². The van der Waals surface area contributed by atoms with E-state index in [1.54, 1.807) is 0 Å². The van der Waals surface area contributed by atoms with E-state index in [1.165, 1.54) is 77.0 Å². The van der Waals surface area contributed by atoms with Crippen molar-refractivity contribution in [2.24, 2.45) is 0 Å². The van der Waals surface area contributed by atoms with E-state index in [0.29, 0.717) is 12.8 Å². The van der Waals surface area contributed by atoms with Crippen LogP contribution in [0.1, 0.15) is 181 Å². The number of ether oxygens (including phenoxy) is 2. The Bertz CT molecular complexity index is 807. The molecular formula is C37H69O8P. The second-order valence-electron chi connectivity index (χ2n) is 12.5. The number of rotatable bonds is 34. The molecule has 0 saturated heterocycles. The Morgan fingerprint density at radius 3 is 1.37 bits per heavy atom. The first-order chi connectivity index (χ1) is 22.3. The number of hydrogen-bond acceptors (Lipinski definition) is 6. The minimum atomic E-state index is -4.75. The van der Waals surface area contributed by atoms with Gasteiger partial charge in [-0.1, -0.05) is 128 Å². The van der Waals surface area contributed by atoms with Gasteiger partial charge in [0.2, 0.25) is 0 Å². The van der Waals surface area contributed by atoms with E-state index < -0.39 is 32.5 Å². The third-order valence-corrected chi connectivity index (χ3v) is 8.43. The first-order valence-electron chi connectivity index (χ1n) is 18.6. The molecule has 0 spiro atoms. The summed E-state index contributed by atoms with van der Waals surface area (Å²) in [7, 11) is -4.75. The van der Waals surface area contributed by atoms with Gasteiger partial charge in [0.05, 0.1) is 6.61 Å². The summed E-state index contributed by atoms with van der Waals surface area (Å²) in [4.78, 5) is 42.6. The number of unbranched alkanes of at least 4 members (excludes halogenated alkanes) is 20. The van der Waals surface area contributed by atoms with E-state index in [-0.39, 0.29) is 19.4 Å². The van der Waals surface area contributed by atoms with E-state index >= 15 is 0 Å². The number of esters is 2. The van der Waals surface area contributed by atoms with Crippen LogP contribution in [0.2, 0.25) is 0 Å². The predicted molar refractivity (Wildman–Crippen MR) is 189 cm³/mol. The van der Waals surface area contributed by atoms with Crippen LogP contribution in [-0.2, 0) is 28.2 Å². The molecule has 0 aromatic carbocycles. The Labute approximate surface area is 281 Å². The summed E-state index contributed by atoms with van der Waals surface area (Å²) >= 11 is 0. The predicted octanol–water partition coefficient (Wildman–Crippen LogP) is 10.8. The molecule has 9 heteroatoms. The molecular weight excluding hydrogens is 603 g/mol. The molecule has 0 aliphatic carbocycles. The average molecular weight is 673 g/mol. The minimum Gasteiger partial charge on any atom is -0.462 e. The van der Waals surface area contributed by atoms with Crippen molar-refractivity contribution in [3.63, 3.8) is 0 Å². The maximum absolute atomic E-state index is 12.3.